The predicted molar refractivity (Wildman–Crippen MR) is 93.1 cm³/mol. The highest BCUT2D eigenvalue weighted by molar-refractivity contribution is 5.78. The normalized spacial score (nSPS) is 28.5. The third-order valence-electron chi connectivity index (χ3n) is 5.32. The van der Waals surface area contributed by atoms with Gasteiger partial charge in [0, 0.05) is 31.7 Å². The smallest absolute Gasteiger partial charge is 0.234 e. The molecule has 0 bridgehead atoms. The van der Waals surface area contributed by atoms with E-state index < -0.39 is 0 Å². The summed E-state index contributed by atoms with van der Waals surface area (Å²) < 4.78 is 13.5. The van der Waals surface area contributed by atoms with E-state index in [-0.39, 0.29) is 17.8 Å². The summed E-state index contributed by atoms with van der Waals surface area (Å²) in [5, 5.41) is 6.54. The molecule has 5 heteroatoms. The lowest BCUT2D eigenvalue weighted by molar-refractivity contribution is -0.124. The number of hydrogen-bond acceptors (Lipinski definition) is 3. The van der Waals surface area contributed by atoms with E-state index in [0.717, 1.165) is 44.0 Å². The second kappa shape index (κ2) is 8.08. The molecular weight excluding hydrogens is 305 g/mol. The van der Waals surface area contributed by atoms with Crippen LogP contribution in [0.1, 0.15) is 44.2 Å². The molecule has 132 valence electrons. The first kappa shape index (κ1) is 17.4. The van der Waals surface area contributed by atoms with Crippen molar-refractivity contribution >= 4 is 5.91 Å². The number of piperazine rings is 1. The van der Waals surface area contributed by atoms with Crippen molar-refractivity contribution in [2.24, 2.45) is 5.92 Å². The summed E-state index contributed by atoms with van der Waals surface area (Å²) in [6.45, 7) is 5.07. The molecule has 1 aliphatic carbocycles. The maximum absolute atomic E-state index is 13.5. The summed E-state index contributed by atoms with van der Waals surface area (Å²) in [6.07, 6.45) is 4.57. The molecule has 1 aliphatic heterocycles. The lowest BCUT2D eigenvalue weighted by Crippen LogP contribution is -2.50. The standard InChI is InChI=1S/C19H28FN3O/c1-14-5-7-17(8-6-14)22-19(24)13-23-10-9-21-12-18(23)15-3-2-4-16(20)11-15/h2-4,11,14,17-18,21H,5-10,12-13H2,1H3,(H,22,24). The number of nitrogens with zero attached hydrogens (tertiary/aromatic N) is 1. The van der Waals surface area contributed by atoms with Crippen LogP contribution >= 0.6 is 0 Å². The van der Waals surface area contributed by atoms with Gasteiger partial charge < -0.3 is 10.6 Å². The Morgan fingerprint density at radius 2 is 2.12 bits per heavy atom. The highest BCUT2D eigenvalue weighted by atomic mass is 19.1. The zero-order chi connectivity index (χ0) is 16.9. The summed E-state index contributed by atoms with van der Waals surface area (Å²) in [4.78, 5) is 14.6. The van der Waals surface area contributed by atoms with Crippen LogP contribution in [0.3, 0.4) is 0 Å². The van der Waals surface area contributed by atoms with E-state index in [9.17, 15) is 9.18 Å². The molecule has 1 aromatic rings. The maximum atomic E-state index is 13.5. The Morgan fingerprint density at radius 3 is 2.88 bits per heavy atom. The van der Waals surface area contributed by atoms with Gasteiger partial charge in [-0.2, -0.15) is 0 Å². The van der Waals surface area contributed by atoms with Crippen LogP contribution in [0, 0.1) is 11.7 Å². The maximum Gasteiger partial charge on any atom is 0.234 e. The van der Waals surface area contributed by atoms with Crippen LogP contribution in [0.2, 0.25) is 0 Å². The van der Waals surface area contributed by atoms with Gasteiger partial charge in [0.1, 0.15) is 5.82 Å². The van der Waals surface area contributed by atoms with E-state index >= 15 is 0 Å². The lowest BCUT2D eigenvalue weighted by atomic mass is 9.87. The number of rotatable bonds is 4. The Bertz CT molecular complexity index is 557. The minimum atomic E-state index is -0.223. The van der Waals surface area contributed by atoms with Crippen molar-refractivity contribution in [1.82, 2.24) is 15.5 Å². The van der Waals surface area contributed by atoms with Gasteiger partial charge in [0.2, 0.25) is 5.91 Å². The SMILES string of the molecule is CC1CCC(NC(=O)CN2CCNCC2c2cccc(F)c2)CC1. The Morgan fingerprint density at radius 1 is 1.33 bits per heavy atom. The van der Waals surface area contributed by atoms with Crippen LogP contribution < -0.4 is 10.6 Å². The van der Waals surface area contributed by atoms with Crippen molar-refractivity contribution in [3.05, 3.63) is 35.6 Å². The fourth-order valence-corrected chi connectivity index (χ4v) is 3.84. The van der Waals surface area contributed by atoms with Gasteiger partial charge in [-0.3, -0.25) is 9.69 Å². The van der Waals surface area contributed by atoms with E-state index in [1.54, 1.807) is 12.1 Å². The van der Waals surface area contributed by atoms with E-state index in [4.69, 9.17) is 0 Å². The van der Waals surface area contributed by atoms with Crippen LogP contribution in [0.25, 0.3) is 0 Å². The molecule has 3 rings (SSSR count). The molecule has 2 fully saturated rings. The molecule has 1 saturated heterocycles. The Balaban J connectivity index is 1.58. The molecule has 1 unspecified atom stereocenters. The van der Waals surface area contributed by atoms with Gasteiger partial charge in [0.05, 0.1) is 6.54 Å². The largest absolute Gasteiger partial charge is 0.352 e. The molecule has 1 amide bonds. The molecule has 0 spiro atoms. The number of benzene rings is 1. The molecule has 4 nitrogen and oxygen atoms in total. The van der Waals surface area contributed by atoms with Crippen LogP contribution in [0.15, 0.2) is 24.3 Å². The van der Waals surface area contributed by atoms with E-state index in [0.29, 0.717) is 12.6 Å². The average molecular weight is 333 g/mol. The highest BCUT2D eigenvalue weighted by Gasteiger charge is 2.27. The number of nitrogens with one attached hydrogen (secondary N) is 2. The van der Waals surface area contributed by atoms with Gasteiger partial charge in [0.25, 0.3) is 0 Å². The van der Waals surface area contributed by atoms with E-state index in [2.05, 4.69) is 22.5 Å². The van der Waals surface area contributed by atoms with Gasteiger partial charge in [-0.15, -0.1) is 0 Å². The van der Waals surface area contributed by atoms with Gasteiger partial charge in [-0.25, -0.2) is 4.39 Å². The van der Waals surface area contributed by atoms with Gasteiger partial charge in [-0.05, 0) is 49.3 Å². The van der Waals surface area contributed by atoms with Crippen molar-refractivity contribution in [2.75, 3.05) is 26.2 Å². The third-order valence-corrected chi connectivity index (χ3v) is 5.32. The Labute approximate surface area is 143 Å². The van der Waals surface area contributed by atoms with Crippen molar-refractivity contribution in [1.29, 1.82) is 0 Å². The van der Waals surface area contributed by atoms with Crippen LogP contribution in [0.4, 0.5) is 4.39 Å². The van der Waals surface area contributed by atoms with Gasteiger partial charge in [0.15, 0.2) is 0 Å². The summed E-state index contributed by atoms with van der Waals surface area (Å²) in [5.41, 5.74) is 0.932. The zero-order valence-electron chi connectivity index (χ0n) is 14.4. The van der Waals surface area contributed by atoms with E-state index in [1.807, 2.05) is 6.07 Å². The Kier molecular flexibility index (Phi) is 5.85. The predicted octanol–water partition coefficient (Wildman–Crippen LogP) is 2.47. The molecule has 24 heavy (non-hydrogen) atoms. The quantitative estimate of drug-likeness (QED) is 0.890. The van der Waals surface area contributed by atoms with Crippen LogP contribution in [-0.2, 0) is 4.79 Å². The second-order valence-corrected chi connectivity index (χ2v) is 7.27. The van der Waals surface area contributed by atoms with Crippen LogP contribution in [-0.4, -0.2) is 43.0 Å². The number of carbonyl (C=O) groups is 1. The lowest BCUT2D eigenvalue weighted by Gasteiger charge is -2.36. The van der Waals surface area contributed by atoms with Crippen molar-refractivity contribution in [2.45, 2.75) is 44.7 Å². The third kappa shape index (κ3) is 4.54. The van der Waals surface area contributed by atoms with Crippen molar-refractivity contribution in [3.8, 4) is 0 Å². The molecular formula is C19H28FN3O. The fraction of sp³-hybridized carbons (Fsp3) is 0.632. The Hall–Kier alpha value is -1.46. The molecule has 2 N–H and O–H groups in total. The molecule has 0 aromatic heterocycles. The summed E-state index contributed by atoms with van der Waals surface area (Å²) in [6, 6.07) is 7.08. The molecule has 0 radical (unpaired) electrons. The number of hydrogen-bond donors (Lipinski definition) is 2. The molecule has 2 aliphatic rings. The van der Waals surface area contributed by atoms with Gasteiger partial charge >= 0.3 is 0 Å². The second-order valence-electron chi connectivity index (χ2n) is 7.27. The monoisotopic (exact) mass is 333 g/mol. The van der Waals surface area contributed by atoms with E-state index in [1.165, 1.54) is 18.9 Å². The summed E-state index contributed by atoms with van der Waals surface area (Å²) in [7, 11) is 0. The number of halogens is 1. The molecule has 1 heterocycles. The summed E-state index contributed by atoms with van der Waals surface area (Å²) >= 11 is 0. The van der Waals surface area contributed by atoms with Crippen molar-refractivity contribution < 1.29 is 9.18 Å². The fourth-order valence-electron chi connectivity index (χ4n) is 3.84. The highest BCUT2D eigenvalue weighted by Crippen LogP contribution is 2.24. The van der Waals surface area contributed by atoms with Gasteiger partial charge in [-0.1, -0.05) is 19.1 Å². The minimum Gasteiger partial charge on any atom is -0.352 e. The first-order valence-corrected chi connectivity index (χ1v) is 9.11. The average Bonchev–Trinajstić information content (AvgIpc) is 2.57. The summed E-state index contributed by atoms with van der Waals surface area (Å²) in [5.74, 6) is 0.653. The number of carbonyl (C=O) groups excluding carboxylic acids is 1. The topological polar surface area (TPSA) is 44.4 Å². The minimum absolute atomic E-state index is 0.0478. The molecule has 1 atom stereocenters. The first-order chi connectivity index (χ1) is 11.6. The first-order valence-electron chi connectivity index (χ1n) is 9.11. The molecule has 1 saturated carbocycles. The zero-order valence-corrected chi connectivity index (χ0v) is 14.4. The number of amides is 1. The van der Waals surface area contributed by atoms with Crippen molar-refractivity contribution in [3.63, 3.8) is 0 Å². The van der Waals surface area contributed by atoms with Crippen LogP contribution in [0.5, 0.6) is 0 Å². The molecule has 1 aromatic carbocycles.